The number of benzene rings is 2. The Hall–Kier alpha value is -1.45. The molecule has 0 aliphatic rings. The van der Waals surface area contributed by atoms with Crippen molar-refractivity contribution in [2.75, 3.05) is 6.54 Å². The highest BCUT2D eigenvalue weighted by molar-refractivity contribution is 6.31. The topological polar surface area (TPSA) is 12.0 Å². The maximum Gasteiger partial charge on any atom is 0.131 e. The summed E-state index contributed by atoms with van der Waals surface area (Å²) >= 11 is 6.16. The van der Waals surface area contributed by atoms with Crippen molar-refractivity contribution < 1.29 is 8.78 Å². The van der Waals surface area contributed by atoms with Gasteiger partial charge >= 0.3 is 0 Å². The summed E-state index contributed by atoms with van der Waals surface area (Å²) in [6.07, 6.45) is 0.916. The predicted molar refractivity (Wildman–Crippen MR) is 82.7 cm³/mol. The van der Waals surface area contributed by atoms with Gasteiger partial charge in [0.2, 0.25) is 0 Å². The van der Waals surface area contributed by atoms with E-state index in [0.29, 0.717) is 10.6 Å². The van der Waals surface area contributed by atoms with Gasteiger partial charge in [-0.2, -0.15) is 0 Å². The highest BCUT2D eigenvalue weighted by Crippen LogP contribution is 2.28. The molecule has 2 aromatic rings. The molecular formula is C17H18ClF2N. The zero-order valence-corrected chi connectivity index (χ0v) is 12.8. The van der Waals surface area contributed by atoms with E-state index in [1.54, 1.807) is 0 Å². The third-order valence-corrected chi connectivity index (χ3v) is 3.81. The first-order valence-corrected chi connectivity index (χ1v) is 7.35. The fourth-order valence-electron chi connectivity index (χ4n) is 2.22. The van der Waals surface area contributed by atoms with Crippen LogP contribution in [0, 0.1) is 18.6 Å². The molecule has 1 unspecified atom stereocenters. The van der Waals surface area contributed by atoms with E-state index in [2.05, 4.69) is 5.32 Å². The van der Waals surface area contributed by atoms with Crippen LogP contribution in [0.1, 0.15) is 36.1 Å². The number of hydrogen-bond donors (Lipinski definition) is 1. The summed E-state index contributed by atoms with van der Waals surface area (Å²) < 4.78 is 27.2. The minimum absolute atomic E-state index is 0.344. The van der Waals surface area contributed by atoms with Gasteiger partial charge in [-0.05, 0) is 43.1 Å². The molecule has 0 heterocycles. The third kappa shape index (κ3) is 3.80. The van der Waals surface area contributed by atoms with Gasteiger partial charge in [0, 0.05) is 16.7 Å². The molecule has 0 aliphatic heterocycles. The monoisotopic (exact) mass is 309 g/mol. The molecule has 0 radical (unpaired) electrons. The van der Waals surface area contributed by atoms with Crippen LogP contribution in [-0.4, -0.2) is 6.54 Å². The standard InChI is InChI=1S/C17H18ClF2N/c1-3-8-21-17(12-5-4-11(2)15(18)9-12)14-7-6-13(19)10-16(14)20/h4-7,9-10,17,21H,3,8H2,1-2H3. The van der Waals surface area contributed by atoms with Crippen molar-refractivity contribution in [2.24, 2.45) is 0 Å². The number of aryl methyl sites for hydroxylation is 1. The van der Waals surface area contributed by atoms with Gasteiger partial charge in [-0.1, -0.05) is 36.7 Å². The molecule has 0 amide bonds. The Morgan fingerprint density at radius 1 is 1.14 bits per heavy atom. The molecule has 0 bridgehead atoms. The van der Waals surface area contributed by atoms with Crippen molar-refractivity contribution in [2.45, 2.75) is 26.3 Å². The Morgan fingerprint density at radius 3 is 2.52 bits per heavy atom. The number of rotatable bonds is 5. The van der Waals surface area contributed by atoms with Crippen LogP contribution in [0.4, 0.5) is 8.78 Å². The fraction of sp³-hybridized carbons (Fsp3) is 0.294. The molecule has 0 spiro atoms. The molecule has 0 aromatic heterocycles. The van der Waals surface area contributed by atoms with Crippen LogP contribution < -0.4 is 5.32 Å². The largest absolute Gasteiger partial charge is 0.306 e. The second-order valence-electron chi connectivity index (χ2n) is 5.06. The highest BCUT2D eigenvalue weighted by atomic mass is 35.5. The van der Waals surface area contributed by atoms with Crippen LogP contribution in [0.15, 0.2) is 36.4 Å². The van der Waals surface area contributed by atoms with Gasteiger partial charge in [-0.15, -0.1) is 0 Å². The smallest absolute Gasteiger partial charge is 0.131 e. The molecule has 21 heavy (non-hydrogen) atoms. The average Bonchev–Trinajstić information content (AvgIpc) is 2.44. The third-order valence-electron chi connectivity index (χ3n) is 3.40. The lowest BCUT2D eigenvalue weighted by molar-refractivity contribution is 0.533. The van der Waals surface area contributed by atoms with E-state index in [9.17, 15) is 8.78 Å². The minimum atomic E-state index is -0.576. The van der Waals surface area contributed by atoms with Gasteiger partial charge < -0.3 is 5.32 Å². The molecule has 2 rings (SSSR count). The fourth-order valence-corrected chi connectivity index (χ4v) is 2.41. The minimum Gasteiger partial charge on any atom is -0.306 e. The summed E-state index contributed by atoms with van der Waals surface area (Å²) in [4.78, 5) is 0. The van der Waals surface area contributed by atoms with Gasteiger partial charge in [0.05, 0.1) is 6.04 Å². The Labute approximate surface area is 128 Å². The summed E-state index contributed by atoms with van der Waals surface area (Å²) in [5.74, 6) is -1.13. The molecule has 112 valence electrons. The first kappa shape index (κ1) is 15.9. The molecule has 0 saturated carbocycles. The SMILES string of the molecule is CCCNC(c1ccc(C)c(Cl)c1)c1ccc(F)cc1F. The van der Waals surface area contributed by atoms with E-state index in [0.717, 1.165) is 30.2 Å². The first-order valence-electron chi connectivity index (χ1n) is 6.97. The van der Waals surface area contributed by atoms with Gasteiger partial charge in [-0.25, -0.2) is 8.78 Å². The lowest BCUT2D eigenvalue weighted by atomic mass is 9.97. The predicted octanol–water partition coefficient (Wildman–Crippen LogP) is 5.02. The lowest BCUT2D eigenvalue weighted by Crippen LogP contribution is -2.24. The van der Waals surface area contributed by atoms with E-state index >= 15 is 0 Å². The van der Waals surface area contributed by atoms with Crippen molar-refractivity contribution >= 4 is 11.6 Å². The Bertz CT molecular complexity index is 628. The molecular weight excluding hydrogens is 292 g/mol. The normalized spacial score (nSPS) is 12.4. The molecule has 1 nitrogen and oxygen atoms in total. The summed E-state index contributed by atoms with van der Waals surface area (Å²) in [6.45, 7) is 4.68. The second kappa shape index (κ2) is 7.01. The summed E-state index contributed by atoms with van der Waals surface area (Å²) in [6, 6.07) is 8.96. The first-order chi connectivity index (χ1) is 10.0. The molecule has 4 heteroatoms. The molecule has 0 aliphatic carbocycles. The van der Waals surface area contributed by atoms with Crippen LogP contribution in [-0.2, 0) is 0 Å². The number of halogens is 3. The van der Waals surface area contributed by atoms with Gasteiger partial charge in [-0.3, -0.25) is 0 Å². The van der Waals surface area contributed by atoms with E-state index < -0.39 is 11.6 Å². The highest BCUT2D eigenvalue weighted by Gasteiger charge is 2.18. The molecule has 0 saturated heterocycles. The summed E-state index contributed by atoms with van der Waals surface area (Å²) in [5.41, 5.74) is 2.25. The van der Waals surface area contributed by atoms with Crippen molar-refractivity contribution in [1.29, 1.82) is 0 Å². The van der Waals surface area contributed by atoms with E-state index in [-0.39, 0.29) is 6.04 Å². The van der Waals surface area contributed by atoms with E-state index in [1.807, 2.05) is 32.0 Å². The molecule has 0 fully saturated rings. The van der Waals surface area contributed by atoms with Crippen LogP contribution in [0.2, 0.25) is 5.02 Å². The molecule has 1 N–H and O–H groups in total. The van der Waals surface area contributed by atoms with Crippen LogP contribution >= 0.6 is 11.6 Å². The number of nitrogens with one attached hydrogen (secondary N) is 1. The molecule has 2 aromatic carbocycles. The zero-order chi connectivity index (χ0) is 15.4. The van der Waals surface area contributed by atoms with Crippen molar-refractivity contribution in [3.8, 4) is 0 Å². The van der Waals surface area contributed by atoms with Crippen LogP contribution in [0.25, 0.3) is 0 Å². The Morgan fingerprint density at radius 2 is 1.90 bits per heavy atom. The van der Waals surface area contributed by atoms with Crippen molar-refractivity contribution in [3.05, 3.63) is 69.7 Å². The average molecular weight is 310 g/mol. The maximum atomic E-state index is 14.1. The van der Waals surface area contributed by atoms with Gasteiger partial charge in [0.25, 0.3) is 0 Å². The second-order valence-corrected chi connectivity index (χ2v) is 5.47. The summed E-state index contributed by atoms with van der Waals surface area (Å²) in [5, 5.41) is 3.93. The maximum absolute atomic E-state index is 14.1. The summed E-state index contributed by atoms with van der Waals surface area (Å²) in [7, 11) is 0. The van der Waals surface area contributed by atoms with Crippen molar-refractivity contribution in [1.82, 2.24) is 5.32 Å². The van der Waals surface area contributed by atoms with Crippen LogP contribution in [0.3, 0.4) is 0 Å². The van der Waals surface area contributed by atoms with E-state index in [4.69, 9.17) is 11.6 Å². The quantitative estimate of drug-likeness (QED) is 0.818. The molecule has 1 atom stereocenters. The van der Waals surface area contributed by atoms with Crippen molar-refractivity contribution in [3.63, 3.8) is 0 Å². The Kier molecular flexibility index (Phi) is 5.32. The van der Waals surface area contributed by atoms with Gasteiger partial charge in [0.15, 0.2) is 0 Å². The Balaban J connectivity index is 2.44. The lowest BCUT2D eigenvalue weighted by Gasteiger charge is -2.21. The zero-order valence-electron chi connectivity index (χ0n) is 12.1. The van der Waals surface area contributed by atoms with E-state index in [1.165, 1.54) is 12.1 Å². The van der Waals surface area contributed by atoms with Gasteiger partial charge in [0.1, 0.15) is 11.6 Å². The van der Waals surface area contributed by atoms with Crippen LogP contribution in [0.5, 0.6) is 0 Å². The number of hydrogen-bond acceptors (Lipinski definition) is 1.